The Morgan fingerprint density at radius 3 is 2.61 bits per heavy atom. The molecule has 0 saturated heterocycles. The lowest BCUT2D eigenvalue weighted by Gasteiger charge is -2.11. The Kier molecular flexibility index (Phi) is 4.71. The van der Waals surface area contributed by atoms with Gasteiger partial charge in [-0.25, -0.2) is 0 Å². The molecule has 0 aliphatic heterocycles. The van der Waals surface area contributed by atoms with Gasteiger partial charge in [0.2, 0.25) is 0 Å². The Labute approximate surface area is 126 Å². The van der Waals surface area contributed by atoms with Gasteiger partial charge in [0.1, 0.15) is 0 Å². The Morgan fingerprint density at radius 1 is 1.17 bits per heavy atom. The predicted octanol–water partition coefficient (Wildman–Crippen LogP) is 5.93. The van der Waals surface area contributed by atoms with Gasteiger partial charge in [-0.05, 0) is 52.5 Å². The maximum atomic E-state index is 6.45. The van der Waals surface area contributed by atoms with Crippen LogP contribution in [0.2, 0.25) is 5.02 Å². The topological polar surface area (TPSA) is 0 Å². The van der Waals surface area contributed by atoms with Gasteiger partial charge in [0.25, 0.3) is 0 Å². The third-order valence-electron chi connectivity index (χ3n) is 2.80. The zero-order valence-electron chi connectivity index (χ0n) is 9.96. The van der Waals surface area contributed by atoms with Crippen LogP contribution in [-0.4, -0.2) is 0 Å². The third-order valence-corrected chi connectivity index (χ3v) is 4.42. The number of rotatable bonds is 3. The molecule has 0 N–H and O–H groups in total. The molecule has 0 fully saturated rings. The van der Waals surface area contributed by atoms with E-state index in [0.717, 1.165) is 16.5 Å². The van der Waals surface area contributed by atoms with Crippen LogP contribution in [-0.2, 0) is 6.42 Å². The van der Waals surface area contributed by atoms with Crippen LogP contribution in [0.1, 0.15) is 22.1 Å². The molecule has 0 aromatic heterocycles. The zero-order valence-corrected chi connectivity index (χ0v) is 13.1. The fourth-order valence-corrected chi connectivity index (χ4v) is 2.70. The predicted molar refractivity (Wildman–Crippen MR) is 82.6 cm³/mol. The molecule has 18 heavy (non-hydrogen) atoms. The van der Waals surface area contributed by atoms with Gasteiger partial charge in [0.15, 0.2) is 0 Å². The monoisotopic (exact) mass is 342 g/mol. The van der Waals surface area contributed by atoms with Crippen LogP contribution in [0.3, 0.4) is 0 Å². The van der Waals surface area contributed by atoms with Crippen molar-refractivity contribution in [3.63, 3.8) is 0 Å². The number of hydrogen-bond donors (Lipinski definition) is 0. The molecule has 2 aromatic carbocycles. The minimum Gasteiger partial charge on any atom is -0.117 e. The molecule has 3 heteroatoms. The molecular formula is C15H13BrCl2. The highest BCUT2D eigenvalue weighted by molar-refractivity contribution is 9.10. The molecule has 2 aromatic rings. The molecule has 0 aliphatic rings. The minimum atomic E-state index is -0.0413. The van der Waals surface area contributed by atoms with E-state index in [1.807, 2.05) is 18.2 Å². The van der Waals surface area contributed by atoms with Gasteiger partial charge in [0, 0.05) is 4.47 Å². The van der Waals surface area contributed by atoms with Crippen LogP contribution in [0.15, 0.2) is 46.9 Å². The molecule has 0 spiro atoms. The highest BCUT2D eigenvalue weighted by Gasteiger charge is 2.10. The Bertz CT molecular complexity index is 552. The van der Waals surface area contributed by atoms with E-state index in [2.05, 4.69) is 47.1 Å². The van der Waals surface area contributed by atoms with Crippen LogP contribution >= 0.6 is 39.1 Å². The molecule has 0 amide bonds. The van der Waals surface area contributed by atoms with Crippen molar-refractivity contribution >= 4 is 39.1 Å². The number of benzene rings is 2. The summed E-state index contributed by atoms with van der Waals surface area (Å²) in [5.41, 5.74) is 3.59. The van der Waals surface area contributed by atoms with E-state index in [0.29, 0.717) is 5.02 Å². The van der Waals surface area contributed by atoms with Crippen LogP contribution in [0.4, 0.5) is 0 Å². The second kappa shape index (κ2) is 6.10. The molecule has 1 atom stereocenters. The van der Waals surface area contributed by atoms with Crippen LogP contribution < -0.4 is 0 Å². The van der Waals surface area contributed by atoms with Crippen molar-refractivity contribution in [1.82, 2.24) is 0 Å². The molecule has 0 bridgehead atoms. The van der Waals surface area contributed by atoms with E-state index in [4.69, 9.17) is 23.2 Å². The maximum absolute atomic E-state index is 6.45. The number of hydrogen-bond acceptors (Lipinski definition) is 0. The summed E-state index contributed by atoms with van der Waals surface area (Å²) in [6, 6.07) is 14.2. The molecule has 1 unspecified atom stereocenters. The van der Waals surface area contributed by atoms with E-state index >= 15 is 0 Å². The summed E-state index contributed by atoms with van der Waals surface area (Å²) in [5.74, 6) is 0. The van der Waals surface area contributed by atoms with E-state index in [1.54, 1.807) is 0 Å². The quantitative estimate of drug-likeness (QED) is 0.605. The van der Waals surface area contributed by atoms with Gasteiger partial charge in [0.05, 0.1) is 10.4 Å². The molecular weight excluding hydrogens is 331 g/mol. The van der Waals surface area contributed by atoms with Crippen molar-refractivity contribution in [3.8, 4) is 0 Å². The van der Waals surface area contributed by atoms with E-state index < -0.39 is 0 Å². The first-order valence-corrected chi connectivity index (χ1v) is 7.31. The first-order chi connectivity index (χ1) is 8.56. The maximum Gasteiger partial charge on any atom is 0.0625 e. The minimum absolute atomic E-state index is 0.0413. The highest BCUT2D eigenvalue weighted by Crippen LogP contribution is 2.30. The van der Waals surface area contributed by atoms with Crippen LogP contribution in [0, 0.1) is 6.92 Å². The number of halogens is 3. The number of alkyl halides is 1. The normalized spacial score (nSPS) is 12.4. The van der Waals surface area contributed by atoms with Gasteiger partial charge in [-0.3, -0.25) is 0 Å². The SMILES string of the molecule is Cc1cccc(CC(Cl)c2ccc(Cl)c(Br)c2)c1. The van der Waals surface area contributed by atoms with Gasteiger partial charge in [-0.1, -0.05) is 47.5 Å². The number of aryl methyl sites for hydroxylation is 1. The van der Waals surface area contributed by atoms with E-state index in [1.165, 1.54) is 11.1 Å². The second-order valence-corrected chi connectivity index (χ2v) is 6.12. The third kappa shape index (κ3) is 3.50. The van der Waals surface area contributed by atoms with Crippen molar-refractivity contribution in [1.29, 1.82) is 0 Å². The van der Waals surface area contributed by atoms with Crippen LogP contribution in [0.25, 0.3) is 0 Å². The molecule has 0 nitrogen and oxygen atoms in total. The lowest BCUT2D eigenvalue weighted by atomic mass is 10.0. The van der Waals surface area contributed by atoms with E-state index in [9.17, 15) is 0 Å². The van der Waals surface area contributed by atoms with Crippen molar-refractivity contribution in [2.45, 2.75) is 18.7 Å². The summed E-state index contributed by atoms with van der Waals surface area (Å²) in [4.78, 5) is 0. The smallest absolute Gasteiger partial charge is 0.0625 e. The standard InChI is InChI=1S/C15H13BrCl2/c1-10-3-2-4-11(7-10)8-15(18)12-5-6-14(17)13(16)9-12/h2-7,9,15H,8H2,1H3. The first kappa shape index (κ1) is 13.9. The highest BCUT2D eigenvalue weighted by atomic mass is 79.9. The van der Waals surface area contributed by atoms with E-state index in [-0.39, 0.29) is 5.38 Å². The molecule has 2 rings (SSSR count). The van der Waals surface area contributed by atoms with Crippen LogP contribution in [0.5, 0.6) is 0 Å². The molecule has 0 radical (unpaired) electrons. The zero-order chi connectivity index (χ0) is 13.1. The Morgan fingerprint density at radius 2 is 1.94 bits per heavy atom. The summed E-state index contributed by atoms with van der Waals surface area (Å²) in [6.45, 7) is 2.09. The summed E-state index contributed by atoms with van der Waals surface area (Å²) in [7, 11) is 0. The van der Waals surface area contributed by atoms with Gasteiger partial charge < -0.3 is 0 Å². The van der Waals surface area contributed by atoms with Gasteiger partial charge in [-0.15, -0.1) is 11.6 Å². The Hall–Kier alpha value is -0.500. The van der Waals surface area contributed by atoms with Crippen molar-refractivity contribution in [2.75, 3.05) is 0 Å². The summed E-state index contributed by atoms with van der Waals surface area (Å²) in [6.07, 6.45) is 0.817. The lowest BCUT2D eigenvalue weighted by molar-refractivity contribution is 0.917. The summed E-state index contributed by atoms with van der Waals surface area (Å²) >= 11 is 15.9. The Balaban J connectivity index is 2.16. The van der Waals surface area contributed by atoms with Crippen molar-refractivity contribution < 1.29 is 0 Å². The first-order valence-electron chi connectivity index (χ1n) is 5.71. The molecule has 0 heterocycles. The molecule has 94 valence electrons. The largest absolute Gasteiger partial charge is 0.117 e. The lowest BCUT2D eigenvalue weighted by Crippen LogP contribution is -1.96. The average Bonchev–Trinajstić information content (AvgIpc) is 2.32. The fourth-order valence-electron chi connectivity index (χ4n) is 1.87. The fraction of sp³-hybridized carbons (Fsp3) is 0.200. The second-order valence-electron chi connectivity index (χ2n) is 4.33. The summed E-state index contributed by atoms with van der Waals surface area (Å²) in [5, 5.41) is 0.665. The molecule has 0 aliphatic carbocycles. The van der Waals surface area contributed by atoms with Crippen molar-refractivity contribution in [3.05, 3.63) is 68.7 Å². The average molecular weight is 344 g/mol. The molecule has 0 saturated carbocycles. The van der Waals surface area contributed by atoms with Gasteiger partial charge in [-0.2, -0.15) is 0 Å². The van der Waals surface area contributed by atoms with Gasteiger partial charge >= 0.3 is 0 Å². The van der Waals surface area contributed by atoms with Crippen molar-refractivity contribution in [2.24, 2.45) is 0 Å². The summed E-state index contributed by atoms with van der Waals surface area (Å²) < 4.78 is 0.886.